The lowest BCUT2D eigenvalue weighted by Gasteiger charge is -2.12. The van der Waals surface area contributed by atoms with Crippen molar-refractivity contribution < 1.29 is 0 Å². The van der Waals surface area contributed by atoms with Crippen molar-refractivity contribution in [3.63, 3.8) is 0 Å². The number of para-hydroxylation sites is 2. The van der Waals surface area contributed by atoms with Crippen molar-refractivity contribution in [3.8, 4) is 89.3 Å². The van der Waals surface area contributed by atoms with Crippen LogP contribution in [0.2, 0.25) is 0 Å². The number of pyridine rings is 2. The third kappa shape index (κ3) is 7.07. The molecule has 0 bridgehead atoms. The van der Waals surface area contributed by atoms with Crippen molar-refractivity contribution >= 4 is 11.0 Å². The highest BCUT2D eigenvalue weighted by Gasteiger charge is 2.14. The predicted octanol–water partition coefficient (Wildman–Crippen LogP) is 13.8. The molecule has 272 valence electrons. The lowest BCUT2D eigenvalue weighted by atomic mass is 9.96. The van der Waals surface area contributed by atoms with E-state index in [0.29, 0.717) is 0 Å². The van der Waals surface area contributed by atoms with Gasteiger partial charge in [0, 0.05) is 35.9 Å². The predicted molar refractivity (Wildman–Crippen MR) is 239 cm³/mol. The van der Waals surface area contributed by atoms with E-state index >= 15 is 0 Å². The molecule has 0 aliphatic carbocycles. The Morgan fingerprint density at radius 3 is 0.603 bits per heavy atom. The molecule has 0 atom stereocenters. The molecule has 0 saturated heterocycles. The molecule has 0 fully saturated rings. The van der Waals surface area contributed by atoms with Crippen molar-refractivity contribution in [3.05, 3.63) is 219 Å². The van der Waals surface area contributed by atoms with Gasteiger partial charge in [-0.2, -0.15) is 0 Å². The van der Waals surface area contributed by atoms with Crippen molar-refractivity contribution in [1.29, 1.82) is 0 Å². The average Bonchev–Trinajstić information content (AvgIpc) is 3.32. The summed E-state index contributed by atoms with van der Waals surface area (Å²) in [5, 5.41) is 0. The van der Waals surface area contributed by atoms with E-state index in [1.807, 2.05) is 73.3 Å². The number of hydrogen-bond acceptors (Lipinski definition) is 4. The molecule has 4 nitrogen and oxygen atoms in total. The summed E-state index contributed by atoms with van der Waals surface area (Å²) in [6, 6.07) is 68.5. The first kappa shape index (κ1) is 34.7. The Bertz CT molecular complexity index is 2750. The molecule has 0 aliphatic rings. The highest BCUT2D eigenvalue weighted by Crippen LogP contribution is 2.35. The van der Waals surface area contributed by atoms with Crippen LogP contribution in [0.25, 0.3) is 100 Å². The molecular formula is C54H36N4. The molecule has 58 heavy (non-hydrogen) atoms. The molecule has 3 aromatic heterocycles. The van der Waals surface area contributed by atoms with Crippen molar-refractivity contribution in [2.45, 2.75) is 0 Å². The third-order valence-corrected chi connectivity index (χ3v) is 10.8. The highest BCUT2D eigenvalue weighted by molar-refractivity contribution is 5.87. The molecule has 0 aliphatic heterocycles. The lowest BCUT2D eigenvalue weighted by molar-refractivity contribution is 1.29. The zero-order valence-corrected chi connectivity index (χ0v) is 31.6. The second kappa shape index (κ2) is 15.4. The first-order chi connectivity index (χ1) is 28.7. The van der Waals surface area contributed by atoms with Crippen LogP contribution in [0, 0.1) is 0 Å². The summed E-state index contributed by atoms with van der Waals surface area (Å²) < 4.78 is 0. The topological polar surface area (TPSA) is 51.6 Å². The molecule has 10 rings (SSSR count). The van der Waals surface area contributed by atoms with Crippen LogP contribution in [0.4, 0.5) is 0 Å². The summed E-state index contributed by atoms with van der Waals surface area (Å²) in [4.78, 5) is 18.6. The van der Waals surface area contributed by atoms with Gasteiger partial charge in [0.2, 0.25) is 0 Å². The Labute approximate surface area is 337 Å². The van der Waals surface area contributed by atoms with E-state index in [1.54, 1.807) is 0 Å². The molecule has 0 radical (unpaired) electrons. The summed E-state index contributed by atoms with van der Waals surface area (Å²) in [5.74, 6) is 0. The summed E-state index contributed by atoms with van der Waals surface area (Å²) >= 11 is 0. The van der Waals surface area contributed by atoms with E-state index in [1.165, 1.54) is 44.5 Å². The maximum absolute atomic E-state index is 5.17. The molecule has 4 heteroatoms. The van der Waals surface area contributed by atoms with Crippen LogP contribution < -0.4 is 0 Å². The lowest BCUT2D eigenvalue weighted by Crippen LogP contribution is -1.95. The number of rotatable bonds is 8. The van der Waals surface area contributed by atoms with Gasteiger partial charge in [-0.25, -0.2) is 9.97 Å². The van der Waals surface area contributed by atoms with Gasteiger partial charge in [0.25, 0.3) is 0 Å². The van der Waals surface area contributed by atoms with E-state index in [2.05, 4.69) is 156 Å². The zero-order valence-electron chi connectivity index (χ0n) is 31.6. The highest BCUT2D eigenvalue weighted by atomic mass is 14.8. The van der Waals surface area contributed by atoms with E-state index < -0.39 is 0 Å². The van der Waals surface area contributed by atoms with Gasteiger partial charge in [0.05, 0.1) is 22.4 Å². The van der Waals surface area contributed by atoms with Crippen LogP contribution in [0.1, 0.15) is 0 Å². The summed E-state index contributed by atoms with van der Waals surface area (Å²) in [7, 11) is 0. The second-order valence-electron chi connectivity index (χ2n) is 14.3. The maximum Gasteiger partial charge on any atom is 0.0973 e. The van der Waals surface area contributed by atoms with Crippen LogP contribution in [-0.2, 0) is 0 Å². The smallest absolute Gasteiger partial charge is 0.0973 e. The number of hydrogen-bond donors (Lipinski definition) is 0. The van der Waals surface area contributed by atoms with Gasteiger partial charge in [-0.1, -0.05) is 158 Å². The third-order valence-electron chi connectivity index (χ3n) is 10.8. The molecular weight excluding hydrogens is 705 g/mol. The largest absolute Gasteiger partial charge is 0.265 e. The van der Waals surface area contributed by atoms with Gasteiger partial charge in [-0.15, -0.1) is 0 Å². The fourth-order valence-electron chi connectivity index (χ4n) is 7.55. The first-order valence-corrected chi connectivity index (χ1v) is 19.4. The molecule has 10 aromatic rings. The molecule has 0 N–H and O–H groups in total. The minimum Gasteiger partial charge on any atom is -0.265 e. The molecule has 0 unspecified atom stereocenters. The monoisotopic (exact) mass is 740 g/mol. The van der Waals surface area contributed by atoms with Crippen molar-refractivity contribution in [1.82, 2.24) is 19.9 Å². The number of fused-ring (bicyclic) bond motifs is 1. The normalized spacial score (nSPS) is 11.1. The first-order valence-electron chi connectivity index (χ1n) is 19.4. The Hall–Kier alpha value is -7.82. The van der Waals surface area contributed by atoms with E-state index in [4.69, 9.17) is 9.97 Å². The minimum absolute atomic E-state index is 0.864. The van der Waals surface area contributed by atoms with Crippen LogP contribution >= 0.6 is 0 Å². The molecule has 0 saturated carbocycles. The Balaban J connectivity index is 0.887. The van der Waals surface area contributed by atoms with Crippen LogP contribution in [0.3, 0.4) is 0 Å². The van der Waals surface area contributed by atoms with Gasteiger partial charge < -0.3 is 0 Å². The van der Waals surface area contributed by atoms with Crippen molar-refractivity contribution in [2.75, 3.05) is 0 Å². The molecule has 0 amide bonds. The molecule has 0 spiro atoms. The number of aromatic nitrogens is 4. The van der Waals surface area contributed by atoms with E-state index in [0.717, 1.165) is 55.8 Å². The fourth-order valence-corrected chi connectivity index (χ4v) is 7.55. The van der Waals surface area contributed by atoms with Gasteiger partial charge >= 0.3 is 0 Å². The number of nitrogens with zero attached hydrogens (tertiary/aromatic N) is 4. The van der Waals surface area contributed by atoms with Crippen LogP contribution in [0.5, 0.6) is 0 Å². The van der Waals surface area contributed by atoms with Gasteiger partial charge in [0.1, 0.15) is 0 Å². The maximum atomic E-state index is 5.17. The molecule has 3 heterocycles. The number of benzene rings is 7. The van der Waals surface area contributed by atoms with Crippen LogP contribution in [-0.4, -0.2) is 19.9 Å². The van der Waals surface area contributed by atoms with E-state index in [9.17, 15) is 0 Å². The standard InChI is InChI=1S/C54H36N4/c1-2-4-52-51(3-1)57-53(49-25-21-43(22-26-49)41-9-5-37(6-10-41)39-13-17-45(18-14-39)47-29-33-55-34-30-47)54(58-52)50-27-23-44(24-28-50)42-11-7-38(8-12-42)40-15-19-46(20-16-40)48-31-35-56-36-32-48/h1-36H. The summed E-state index contributed by atoms with van der Waals surface area (Å²) in [6.45, 7) is 0. The van der Waals surface area contributed by atoms with E-state index in [-0.39, 0.29) is 0 Å². The van der Waals surface area contributed by atoms with Gasteiger partial charge in [-0.3, -0.25) is 9.97 Å². The molecule has 7 aromatic carbocycles. The van der Waals surface area contributed by atoms with Gasteiger partial charge in [-0.05, 0) is 103 Å². The zero-order chi connectivity index (χ0) is 38.7. The fraction of sp³-hybridized carbons (Fsp3) is 0. The summed E-state index contributed by atoms with van der Waals surface area (Å²) in [5.41, 5.74) is 19.6. The SMILES string of the molecule is c1ccc2nc(-c3ccc(-c4ccc(-c5ccc(-c6ccncc6)cc5)cc4)cc3)c(-c3ccc(-c4ccc(-c5ccc(-c6ccncc6)cc5)cc4)cc3)nc2c1. The Morgan fingerprint density at radius 2 is 0.379 bits per heavy atom. The Morgan fingerprint density at radius 1 is 0.190 bits per heavy atom. The average molecular weight is 741 g/mol. The second-order valence-corrected chi connectivity index (χ2v) is 14.3. The Kier molecular flexibility index (Phi) is 9.18. The van der Waals surface area contributed by atoms with Crippen molar-refractivity contribution in [2.24, 2.45) is 0 Å². The summed E-state index contributed by atoms with van der Waals surface area (Å²) in [6.07, 6.45) is 7.31. The van der Waals surface area contributed by atoms with Gasteiger partial charge in [0.15, 0.2) is 0 Å². The quantitative estimate of drug-likeness (QED) is 0.156. The van der Waals surface area contributed by atoms with Crippen LogP contribution in [0.15, 0.2) is 219 Å². The minimum atomic E-state index is 0.864.